The first-order chi connectivity index (χ1) is 15.4. The molecule has 1 aliphatic heterocycles. The molecule has 0 radical (unpaired) electrons. The van der Waals surface area contributed by atoms with Gasteiger partial charge in [-0.2, -0.15) is 0 Å². The van der Waals surface area contributed by atoms with Crippen LogP contribution in [0.4, 0.5) is 10.5 Å². The lowest BCUT2D eigenvalue weighted by molar-refractivity contribution is -0.135. The molecule has 4 rings (SSSR count). The number of carbonyl (C=O) groups is 4. The van der Waals surface area contributed by atoms with E-state index in [-0.39, 0.29) is 23.9 Å². The first-order valence-electron chi connectivity index (χ1n) is 10.7. The number of urea groups is 1. The Labute approximate surface area is 185 Å². The van der Waals surface area contributed by atoms with Crippen LogP contribution in [0.3, 0.4) is 0 Å². The monoisotopic (exact) mass is 438 g/mol. The van der Waals surface area contributed by atoms with Gasteiger partial charge < -0.3 is 20.4 Å². The number of imide groups is 1. The van der Waals surface area contributed by atoms with Gasteiger partial charge in [-0.1, -0.05) is 19.1 Å². The number of furan rings is 1. The van der Waals surface area contributed by atoms with Gasteiger partial charge in [0, 0.05) is 0 Å². The number of rotatable bonds is 6. The number of anilines is 1. The van der Waals surface area contributed by atoms with Crippen LogP contribution < -0.4 is 16.0 Å². The van der Waals surface area contributed by atoms with Crippen molar-refractivity contribution >= 4 is 29.4 Å². The quantitative estimate of drug-likeness (QED) is 0.599. The van der Waals surface area contributed by atoms with Crippen molar-refractivity contribution in [2.45, 2.75) is 44.7 Å². The fourth-order valence-electron chi connectivity index (χ4n) is 4.21. The predicted molar refractivity (Wildman–Crippen MR) is 116 cm³/mol. The maximum Gasteiger partial charge on any atom is 0.325 e. The zero-order chi connectivity index (χ0) is 22.7. The Bertz CT molecular complexity index is 1020. The van der Waals surface area contributed by atoms with Crippen molar-refractivity contribution in [3.05, 3.63) is 54.0 Å². The lowest BCUT2D eigenvalue weighted by Crippen LogP contribution is -2.49. The summed E-state index contributed by atoms with van der Waals surface area (Å²) in [5, 5.41) is 8.19. The van der Waals surface area contributed by atoms with Crippen LogP contribution in [-0.2, 0) is 16.1 Å². The van der Waals surface area contributed by atoms with Gasteiger partial charge in [-0.15, -0.1) is 0 Å². The van der Waals surface area contributed by atoms with Crippen LogP contribution in [0.15, 0.2) is 47.1 Å². The van der Waals surface area contributed by atoms with E-state index in [9.17, 15) is 19.2 Å². The Balaban J connectivity index is 1.40. The van der Waals surface area contributed by atoms with Crippen molar-refractivity contribution in [2.75, 3.05) is 11.9 Å². The molecule has 1 aliphatic carbocycles. The summed E-state index contributed by atoms with van der Waals surface area (Å²) in [7, 11) is 0. The van der Waals surface area contributed by atoms with E-state index < -0.39 is 24.0 Å². The fraction of sp³-hybridized carbons (Fsp3) is 0.391. The zero-order valence-electron chi connectivity index (χ0n) is 17.8. The van der Waals surface area contributed by atoms with E-state index in [0.29, 0.717) is 30.2 Å². The van der Waals surface area contributed by atoms with Gasteiger partial charge in [-0.05, 0) is 55.9 Å². The van der Waals surface area contributed by atoms with Crippen molar-refractivity contribution in [2.24, 2.45) is 5.92 Å². The second kappa shape index (κ2) is 8.86. The summed E-state index contributed by atoms with van der Waals surface area (Å²) < 4.78 is 5.20. The van der Waals surface area contributed by atoms with Gasteiger partial charge >= 0.3 is 6.03 Å². The number of para-hydroxylation sites is 1. The second-order valence-electron chi connectivity index (χ2n) is 8.44. The molecular weight excluding hydrogens is 412 g/mol. The van der Waals surface area contributed by atoms with Gasteiger partial charge in [-0.3, -0.25) is 19.3 Å². The highest BCUT2D eigenvalue weighted by molar-refractivity contribution is 6.11. The summed E-state index contributed by atoms with van der Waals surface area (Å²) in [5.41, 5.74) is -0.335. The summed E-state index contributed by atoms with van der Waals surface area (Å²) in [6.45, 7) is 1.92. The van der Waals surface area contributed by atoms with Crippen molar-refractivity contribution < 1.29 is 23.6 Å². The summed E-state index contributed by atoms with van der Waals surface area (Å²) in [5.74, 6) is -0.180. The third-order valence-electron chi connectivity index (χ3n) is 6.12. The van der Waals surface area contributed by atoms with Crippen molar-refractivity contribution in [3.63, 3.8) is 0 Å². The van der Waals surface area contributed by atoms with Crippen LogP contribution >= 0.6 is 0 Å². The molecular formula is C23H26N4O5. The van der Waals surface area contributed by atoms with E-state index in [2.05, 4.69) is 22.9 Å². The number of benzene rings is 1. The molecule has 2 aliphatic rings. The summed E-state index contributed by atoms with van der Waals surface area (Å²) >= 11 is 0. The molecule has 2 aromatic rings. The number of hydrogen-bond donors (Lipinski definition) is 3. The molecule has 0 bridgehead atoms. The Kier molecular flexibility index (Phi) is 5.98. The number of carbonyl (C=O) groups excluding carboxylic acids is 4. The summed E-state index contributed by atoms with van der Waals surface area (Å²) in [6.07, 6.45) is 4.38. The number of nitrogens with one attached hydrogen (secondary N) is 3. The highest BCUT2D eigenvalue weighted by atomic mass is 16.3. The molecule has 1 spiro atoms. The highest BCUT2D eigenvalue weighted by Crippen LogP contribution is 2.36. The Hall–Kier alpha value is -3.62. The normalized spacial score (nSPS) is 22.7. The smallest absolute Gasteiger partial charge is 0.325 e. The number of amides is 5. The van der Waals surface area contributed by atoms with Gasteiger partial charge in [0.15, 0.2) is 0 Å². The second-order valence-corrected chi connectivity index (χ2v) is 8.44. The third-order valence-corrected chi connectivity index (χ3v) is 6.12. The van der Waals surface area contributed by atoms with E-state index in [1.807, 2.05) is 0 Å². The molecule has 9 nitrogen and oxygen atoms in total. The van der Waals surface area contributed by atoms with Crippen LogP contribution in [0.5, 0.6) is 0 Å². The van der Waals surface area contributed by atoms with Crippen LogP contribution in [0.2, 0.25) is 0 Å². The molecule has 1 aromatic heterocycles. The molecule has 32 heavy (non-hydrogen) atoms. The van der Waals surface area contributed by atoms with E-state index >= 15 is 0 Å². The van der Waals surface area contributed by atoms with Gasteiger partial charge in [0.2, 0.25) is 5.91 Å². The van der Waals surface area contributed by atoms with E-state index in [1.165, 1.54) is 6.26 Å². The Morgan fingerprint density at radius 2 is 1.91 bits per heavy atom. The van der Waals surface area contributed by atoms with Crippen molar-refractivity contribution in [1.29, 1.82) is 0 Å². The average Bonchev–Trinajstić information content (AvgIpc) is 3.38. The van der Waals surface area contributed by atoms with E-state index in [0.717, 1.165) is 17.7 Å². The minimum absolute atomic E-state index is 0.206. The summed E-state index contributed by atoms with van der Waals surface area (Å²) in [6, 6.07) is 9.46. The molecule has 1 aromatic carbocycles. The van der Waals surface area contributed by atoms with Crippen LogP contribution in [0.1, 0.15) is 48.7 Å². The van der Waals surface area contributed by atoms with Gasteiger partial charge in [0.1, 0.15) is 17.8 Å². The highest BCUT2D eigenvalue weighted by Gasteiger charge is 2.52. The molecule has 168 valence electrons. The van der Waals surface area contributed by atoms with Gasteiger partial charge in [0.25, 0.3) is 11.8 Å². The first kappa shape index (κ1) is 21.6. The molecule has 2 heterocycles. The Morgan fingerprint density at radius 1 is 1.16 bits per heavy atom. The van der Waals surface area contributed by atoms with E-state index in [4.69, 9.17) is 4.42 Å². The minimum atomic E-state index is -0.895. The molecule has 2 fully saturated rings. The molecule has 1 saturated heterocycles. The zero-order valence-corrected chi connectivity index (χ0v) is 17.8. The van der Waals surface area contributed by atoms with Gasteiger partial charge in [0.05, 0.1) is 24.1 Å². The maximum absolute atomic E-state index is 12.9. The summed E-state index contributed by atoms with van der Waals surface area (Å²) in [4.78, 5) is 51.6. The van der Waals surface area contributed by atoms with Crippen LogP contribution in [0.25, 0.3) is 0 Å². The average molecular weight is 438 g/mol. The van der Waals surface area contributed by atoms with Crippen LogP contribution in [0, 0.1) is 5.92 Å². The Morgan fingerprint density at radius 3 is 2.62 bits per heavy atom. The fourth-order valence-corrected chi connectivity index (χ4v) is 4.21. The topological polar surface area (TPSA) is 121 Å². The minimum Gasteiger partial charge on any atom is -0.467 e. The van der Waals surface area contributed by atoms with Crippen molar-refractivity contribution in [1.82, 2.24) is 15.5 Å². The standard InChI is InChI=1S/C23H26N4O5/c1-15-8-10-23(11-9-15)21(30)27(22(31)26-23)14-19(28)25-18-7-3-2-6-17(18)20(29)24-13-16-5-4-12-32-16/h2-7,12,15H,8-11,13-14H2,1H3,(H,24,29)(H,25,28)(H,26,31). The SMILES string of the molecule is CC1CCC2(CC1)NC(=O)N(CC(=O)Nc1ccccc1C(=O)NCc1ccco1)C2=O. The molecule has 5 amide bonds. The molecule has 9 heteroatoms. The lowest BCUT2D eigenvalue weighted by atomic mass is 9.77. The molecule has 1 saturated carbocycles. The maximum atomic E-state index is 12.9. The van der Waals surface area contributed by atoms with E-state index in [1.54, 1.807) is 36.4 Å². The molecule has 3 N–H and O–H groups in total. The number of nitrogens with zero attached hydrogens (tertiary/aromatic N) is 1. The number of hydrogen-bond acceptors (Lipinski definition) is 5. The molecule has 0 atom stereocenters. The van der Waals surface area contributed by atoms with Gasteiger partial charge in [-0.25, -0.2) is 4.79 Å². The molecule has 0 unspecified atom stereocenters. The first-order valence-corrected chi connectivity index (χ1v) is 10.7. The lowest BCUT2D eigenvalue weighted by Gasteiger charge is -2.33. The van der Waals surface area contributed by atoms with Crippen molar-refractivity contribution in [3.8, 4) is 0 Å². The van der Waals surface area contributed by atoms with Crippen LogP contribution in [-0.4, -0.2) is 40.7 Å². The predicted octanol–water partition coefficient (Wildman–Crippen LogP) is 2.65. The largest absolute Gasteiger partial charge is 0.467 e. The third kappa shape index (κ3) is 4.37.